The van der Waals surface area contributed by atoms with Crippen LogP contribution in [0.3, 0.4) is 0 Å². The normalized spacial score (nSPS) is 11.2. The van der Waals surface area contributed by atoms with E-state index in [0.717, 1.165) is 19.5 Å². The summed E-state index contributed by atoms with van der Waals surface area (Å²) < 4.78 is 2.39. The molecule has 0 amide bonds. The maximum absolute atomic E-state index is 5.69. The fourth-order valence-electron chi connectivity index (χ4n) is 2.34. The summed E-state index contributed by atoms with van der Waals surface area (Å²) in [5.74, 6) is 2.46. The van der Waals surface area contributed by atoms with Crippen molar-refractivity contribution in [2.75, 3.05) is 18.1 Å². The van der Waals surface area contributed by atoms with Crippen molar-refractivity contribution in [3.63, 3.8) is 0 Å². The molecule has 1 aromatic carbocycles. The molecule has 0 saturated heterocycles. The molecule has 0 aliphatic carbocycles. The van der Waals surface area contributed by atoms with Crippen LogP contribution in [0.5, 0.6) is 0 Å². The van der Waals surface area contributed by atoms with Gasteiger partial charge in [0.25, 0.3) is 0 Å². The minimum Gasteiger partial charge on any atom is -0.347 e. The van der Waals surface area contributed by atoms with Crippen LogP contribution in [-0.4, -0.2) is 22.6 Å². The molecule has 18 heavy (non-hydrogen) atoms. The van der Waals surface area contributed by atoms with Crippen LogP contribution in [0.1, 0.15) is 18.9 Å². The fraction of sp³-hybridized carbons (Fsp3) is 0.467. The predicted molar refractivity (Wildman–Crippen MR) is 82.3 cm³/mol. The number of para-hydroxylation sites is 1. The molecule has 2 nitrogen and oxygen atoms in total. The van der Waals surface area contributed by atoms with Gasteiger partial charge in [0, 0.05) is 23.6 Å². The third-order valence-electron chi connectivity index (χ3n) is 3.18. The average molecular weight is 262 g/mol. The van der Waals surface area contributed by atoms with E-state index < -0.39 is 0 Å². The van der Waals surface area contributed by atoms with E-state index >= 15 is 0 Å². The van der Waals surface area contributed by atoms with Gasteiger partial charge in [-0.25, -0.2) is 0 Å². The number of nitrogens with zero attached hydrogens (tertiary/aromatic N) is 1. The molecule has 3 heteroatoms. The number of benzene rings is 1. The zero-order valence-corrected chi connectivity index (χ0v) is 11.9. The van der Waals surface area contributed by atoms with Crippen molar-refractivity contribution in [2.45, 2.75) is 26.3 Å². The van der Waals surface area contributed by atoms with Gasteiger partial charge in [-0.15, -0.1) is 0 Å². The monoisotopic (exact) mass is 262 g/mol. The van der Waals surface area contributed by atoms with Crippen LogP contribution in [0.4, 0.5) is 0 Å². The summed E-state index contributed by atoms with van der Waals surface area (Å²) in [7, 11) is 0. The molecule has 0 unspecified atom stereocenters. The molecule has 0 fully saturated rings. The first-order valence-electron chi connectivity index (χ1n) is 6.71. The summed E-state index contributed by atoms with van der Waals surface area (Å²) in [4.78, 5) is 0. The molecule has 0 spiro atoms. The van der Waals surface area contributed by atoms with Gasteiger partial charge in [-0.3, -0.25) is 0 Å². The van der Waals surface area contributed by atoms with Crippen molar-refractivity contribution in [3.8, 4) is 0 Å². The summed E-state index contributed by atoms with van der Waals surface area (Å²) in [6, 6.07) is 8.64. The number of thioether (sulfide) groups is 1. The first kappa shape index (κ1) is 13.5. The summed E-state index contributed by atoms with van der Waals surface area (Å²) in [6.45, 7) is 4.05. The van der Waals surface area contributed by atoms with Crippen molar-refractivity contribution in [1.29, 1.82) is 0 Å². The van der Waals surface area contributed by atoms with Crippen molar-refractivity contribution in [2.24, 2.45) is 5.73 Å². The third-order valence-corrected chi connectivity index (χ3v) is 4.16. The van der Waals surface area contributed by atoms with Crippen LogP contribution in [0.25, 0.3) is 10.9 Å². The van der Waals surface area contributed by atoms with E-state index in [0.29, 0.717) is 0 Å². The highest BCUT2D eigenvalue weighted by molar-refractivity contribution is 7.99. The second-order valence-electron chi connectivity index (χ2n) is 4.45. The summed E-state index contributed by atoms with van der Waals surface area (Å²) in [5, 5.41) is 1.37. The second kappa shape index (κ2) is 6.86. The zero-order chi connectivity index (χ0) is 12.8. The molecule has 0 bridgehead atoms. The highest BCUT2D eigenvalue weighted by Gasteiger charge is 2.06. The molecule has 2 N–H and O–H groups in total. The van der Waals surface area contributed by atoms with Crippen LogP contribution in [-0.2, 0) is 13.0 Å². The Balaban J connectivity index is 2.16. The van der Waals surface area contributed by atoms with Gasteiger partial charge in [-0.1, -0.05) is 25.1 Å². The smallest absolute Gasteiger partial charge is 0.0483 e. The summed E-state index contributed by atoms with van der Waals surface area (Å²) in [5.41, 5.74) is 8.42. The molecule has 0 atom stereocenters. The Morgan fingerprint density at radius 3 is 2.89 bits per heavy atom. The first-order valence-corrected chi connectivity index (χ1v) is 7.87. The predicted octanol–water partition coefficient (Wildman–Crippen LogP) is 3.29. The van der Waals surface area contributed by atoms with E-state index in [1.165, 1.54) is 34.4 Å². The highest BCUT2D eigenvalue weighted by Crippen LogP contribution is 2.22. The number of aromatic nitrogens is 1. The minimum absolute atomic E-state index is 0.722. The van der Waals surface area contributed by atoms with Gasteiger partial charge in [-0.05, 0) is 42.5 Å². The van der Waals surface area contributed by atoms with Gasteiger partial charge in [-0.2, -0.15) is 11.8 Å². The Kier molecular flexibility index (Phi) is 5.14. The molecule has 2 rings (SSSR count). The molecule has 0 saturated carbocycles. The Morgan fingerprint density at radius 1 is 1.28 bits per heavy atom. The standard InChI is InChI=1S/C15H22N2S/c1-2-18-11-5-10-17-12-13(8-9-16)14-6-3-4-7-15(14)17/h3-4,6-7,12H,2,5,8-11,16H2,1H3. The number of nitrogens with two attached hydrogens (primary N) is 1. The summed E-state index contributed by atoms with van der Waals surface area (Å²) in [6.07, 6.45) is 4.49. The van der Waals surface area contributed by atoms with Gasteiger partial charge in [0.05, 0.1) is 0 Å². The van der Waals surface area contributed by atoms with Gasteiger partial charge >= 0.3 is 0 Å². The molecule has 2 aromatic rings. The second-order valence-corrected chi connectivity index (χ2v) is 5.85. The largest absolute Gasteiger partial charge is 0.347 e. The van der Waals surface area contributed by atoms with Crippen molar-refractivity contribution >= 4 is 22.7 Å². The molecule has 98 valence electrons. The molecule has 1 aromatic heterocycles. The Hall–Kier alpha value is -0.930. The Bertz CT molecular complexity index is 490. The van der Waals surface area contributed by atoms with Crippen LogP contribution in [0, 0.1) is 0 Å². The fourth-order valence-corrected chi connectivity index (χ4v) is 2.97. The Morgan fingerprint density at radius 2 is 2.11 bits per heavy atom. The molecular formula is C15H22N2S. The zero-order valence-electron chi connectivity index (χ0n) is 11.1. The number of fused-ring (bicyclic) bond motifs is 1. The van der Waals surface area contributed by atoms with E-state index in [2.05, 4.69) is 42.0 Å². The van der Waals surface area contributed by atoms with Crippen LogP contribution in [0.2, 0.25) is 0 Å². The molecular weight excluding hydrogens is 240 g/mol. The molecule has 0 aliphatic heterocycles. The number of aryl methyl sites for hydroxylation is 1. The lowest BCUT2D eigenvalue weighted by molar-refractivity contribution is 0.706. The van der Waals surface area contributed by atoms with Crippen LogP contribution < -0.4 is 5.73 Å². The average Bonchev–Trinajstić information content (AvgIpc) is 2.74. The lowest BCUT2D eigenvalue weighted by atomic mass is 10.1. The summed E-state index contributed by atoms with van der Waals surface area (Å²) >= 11 is 2.02. The van der Waals surface area contributed by atoms with E-state index in [-0.39, 0.29) is 0 Å². The van der Waals surface area contributed by atoms with E-state index in [9.17, 15) is 0 Å². The lowest BCUT2D eigenvalue weighted by Crippen LogP contribution is -2.02. The van der Waals surface area contributed by atoms with Gasteiger partial charge in [0.1, 0.15) is 0 Å². The number of hydrogen-bond donors (Lipinski definition) is 1. The number of rotatable bonds is 7. The van der Waals surface area contributed by atoms with E-state index in [4.69, 9.17) is 5.73 Å². The van der Waals surface area contributed by atoms with Gasteiger partial charge in [0.15, 0.2) is 0 Å². The Labute approximate surface area is 114 Å². The maximum atomic E-state index is 5.69. The van der Waals surface area contributed by atoms with Crippen molar-refractivity contribution in [1.82, 2.24) is 4.57 Å². The van der Waals surface area contributed by atoms with Gasteiger partial charge in [0.2, 0.25) is 0 Å². The topological polar surface area (TPSA) is 30.9 Å². The number of hydrogen-bond acceptors (Lipinski definition) is 2. The SMILES string of the molecule is CCSCCCn1cc(CCN)c2ccccc21. The third kappa shape index (κ3) is 3.09. The lowest BCUT2D eigenvalue weighted by Gasteiger charge is -2.04. The molecule has 0 aliphatic rings. The van der Waals surface area contributed by atoms with Gasteiger partial charge < -0.3 is 10.3 Å². The van der Waals surface area contributed by atoms with E-state index in [1.807, 2.05) is 11.8 Å². The molecule has 1 heterocycles. The maximum Gasteiger partial charge on any atom is 0.0483 e. The highest BCUT2D eigenvalue weighted by atomic mass is 32.2. The van der Waals surface area contributed by atoms with Crippen molar-refractivity contribution in [3.05, 3.63) is 36.0 Å². The van der Waals surface area contributed by atoms with E-state index in [1.54, 1.807) is 0 Å². The minimum atomic E-state index is 0.722. The quantitative estimate of drug-likeness (QED) is 0.776. The molecule has 0 radical (unpaired) electrons. The van der Waals surface area contributed by atoms with Crippen molar-refractivity contribution < 1.29 is 0 Å². The van der Waals surface area contributed by atoms with Crippen LogP contribution >= 0.6 is 11.8 Å². The first-order chi connectivity index (χ1) is 8.86. The van der Waals surface area contributed by atoms with Crippen LogP contribution in [0.15, 0.2) is 30.5 Å².